The van der Waals surface area contributed by atoms with Gasteiger partial charge in [-0.05, 0) is 60.8 Å². The van der Waals surface area contributed by atoms with Crippen molar-refractivity contribution in [2.24, 2.45) is 0 Å². The second-order valence-corrected chi connectivity index (χ2v) is 10.3. The fourth-order valence-electron chi connectivity index (χ4n) is 4.54. The highest BCUT2D eigenvalue weighted by Gasteiger charge is 2.21. The van der Waals surface area contributed by atoms with Gasteiger partial charge in [-0.1, -0.05) is 66.9 Å². The molecule has 0 aliphatic heterocycles. The molecule has 0 saturated carbocycles. The van der Waals surface area contributed by atoms with Crippen LogP contribution < -0.4 is 0 Å². The molecule has 1 aromatic heterocycles. The van der Waals surface area contributed by atoms with E-state index in [0.717, 1.165) is 34.9 Å². The largest absolute Gasteiger partial charge is 0.361 e. The van der Waals surface area contributed by atoms with Crippen molar-refractivity contribution in [1.82, 2.24) is 14.8 Å². The van der Waals surface area contributed by atoms with Gasteiger partial charge in [-0.15, -0.1) is 0 Å². The number of aromatic nitrogens is 1. The minimum absolute atomic E-state index is 0.0211. The van der Waals surface area contributed by atoms with Crippen LogP contribution in [0.2, 0.25) is 10.0 Å². The number of carbonyl (C=O) groups excluding carboxylic acids is 1. The number of hydrogen-bond donors (Lipinski definition) is 1. The zero-order valence-corrected chi connectivity index (χ0v) is 22.8. The van der Waals surface area contributed by atoms with Gasteiger partial charge in [-0.3, -0.25) is 9.69 Å². The number of para-hydroxylation sites is 1. The molecule has 0 unspecified atom stereocenters. The van der Waals surface area contributed by atoms with E-state index in [0.29, 0.717) is 36.1 Å². The highest BCUT2D eigenvalue weighted by molar-refractivity contribution is 6.42. The van der Waals surface area contributed by atoms with Crippen LogP contribution in [0.25, 0.3) is 10.9 Å². The van der Waals surface area contributed by atoms with Crippen molar-refractivity contribution in [1.29, 1.82) is 0 Å². The van der Waals surface area contributed by atoms with Gasteiger partial charge >= 0.3 is 0 Å². The Morgan fingerprint density at radius 1 is 0.921 bits per heavy atom. The van der Waals surface area contributed by atoms with E-state index in [2.05, 4.69) is 11.1 Å². The van der Waals surface area contributed by atoms with Gasteiger partial charge in [-0.2, -0.15) is 0 Å². The maximum absolute atomic E-state index is 14.4. The Morgan fingerprint density at radius 2 is 1.68 bits per heavy atom. The fourth-order valence-corrected chi connectivity index (χ4v) is 4.86. The van der Waals surface area contributed by atoms with E-state index in [1.54, 1.807) is 17.0 Å². The zero-order chi connectivity index (χ0) is 27.1. The Kier molecular flexibility index (Phi) is 9.78. The highest BCUT2D eigenvalue weighted by Crippen LogP contribution is 2.24. The van der Waals surface area contributed by atoms with E-state index >= 15 is 0 Å². The van der Waals surface area contributed by atoms with Crippen LogP contribution in [0.1, 0.15) is 36.5 Å². The summed E-state index contributed by atoms with van der Waals surface area (Å²) in [5, 5.41) is 1.99. The summed E-state index contributed by atoms with van der Waals surface area (Å²) in [6, 6.07) is 17.2. The second kappa shape index (κ2) is 13.2. The first-order valence-electron chi connectivity index (χ1n) is 12.8. The first kappa shape index (κ1) is 28.1. The summed E-state index contributed by atoms with van der Waals surface area (Å²) in [5.41, 5.74) is 2.99. The Balaban J connectivity index is 1.55. The molecular formula is C30H31Cl2F2N3O. The molecule has 0 spiro atoms. The number of hydrogen-bond acceptors (Lipinski definition) is 2. The van der Waals surface area contributed by atoms with Gasteiger partial charge in [0.2, 0.25) is 5.91 Å². The summed E-state index contributed by atoms with van der Waals surface area (Å²) in [5.74, 6) is -1.33. The van der Waals surface area contributed by atoms with Crippen LogP contribution in [0.5, 0.6) is 0 Å². The van der Waals surface area contributed by atoms with Crippen molar-refractivity contribution in [3.63, 3.8) is 0 Å². The number of aromatic amines is 1. The standard InChI is InChI=1S/C30H31Cl2F2N3O/c1-2-3-14-36(19-24-27(33)8-6-9-28(24)34)20-30(38)37(18-21-11-12-25(31)26(32)16-21)15-13-22-17-35-29-10-5-4-7-23(22)29/h4-12,16-17,35H,2-3,13-15,18-20H2,1H3. The third kappa shape index (κ3) is 7.13. The molecule has 0 radical (unpaired) electrons. The lowest BCUT2D eigenvalue weighted by atomic mass is 10.1. The first-order chi connectivity index (χ1) is 18.4. The maximum Gasteiger partial charge on any atom is 0.237 e. The molecule has 0 aliphatic rings. The number of unbranched alkanes of at least 4 members (excludes halogenated alkanes) is 1. The summed E-state index contributed by atoms with van der Waals surface area (Å²) >= 11 is 12.3. The predicted octanol–water partition coefficient (Wildman–Crippen LogP) is 7.63. The molecule has 0 aliphatic carbocycles. The SMILES string of the molecule is CCCCN(CC(=O)N(CCc1c[nH]c2ccccc12)Cc1ccc(Cl)c(Cl)c1)Cc1c(F)cccc1F. The van der Waals surface area contributed by atoms with Crippen LogP contribution in [0.3, 0.4) is 0 Å². The number of benzene rings is 3. The number of nitrogens with zero attached hydrogens (tertiary/aromatic N) is 2. The molecule has 8 heteroatoms. The van der Waals surface area contributed by atoms with Crippen LogP contribution in [0, 0.1) is 11.6 Å². The monoisotopic (exact) mass is 557 g/mol. The molecular weight excluding hydrogens is 527 g/mol. The lowest BCUT2D eigenvalue weighted by molar-refractivity contribution is -0.133. The lowest BCUT2D eigenvalue weighted by Crippen LogP contribution is -2.41. The Labute approximate surface area is 232 Å². The Hall–Kier alpha value is -2.93. The second-order valence-electron chi connectivity index (χ2n) is 9.44. The molecule has 0 fully saturated rings. The number of H-pyrrole nitrogens is 1. The van der Waals surface area contributed by atoms with E-state index in [1.165, 1.54) is 18.2 Å². The van der Waals surface area contributed by atoms with Gasteiger partial charge in [0.15, 0.2) is 0 Å². The van der Waals surface area contributed by atoms with Crippen molar-refractivity contribution >= 4 is 40.0 Å². The third-order valence-corrected chi connectivity index (χ3v) is 7.41. The molecule has 4 aromatic rings. The highest BCUT2D eigenvalue weighted by atomic mass is 35.5. The fraction of sp³-hybridized carbons (Fsp3) is 0.300. The van der Waals surface area contributed by atoms with Crippen molar-refractivity contribution < 1.29 is 13.6 Å². The molecule has 4 rings (SSSR count). The average molecular weight is 559 g/mol. The molecule has 0 atom stereocenters. The molecule has 0 bridgehead atoms. The minimum atomic E-state index is -0.606. The molecule has 1 amide bonds. The number of rotatable bonds is 12. The predicted molar refractivity (Wildman–Crippen MR) is 150 cm³/mol. The Bertz CT molecular complexity index is 1370. The van der Waals surface area contributed by atoms with E-state index in [4.69, 9.17) is 23.2 Å². The van der Waals surface area contributed by atoms with Crippen LogP contribution in [-0.4, -0.2) is 40.3 Å². The van der Waals surface area contributed by atoms with E-state index in [1.807, 2.05) is 42.3 Å². The third-order valence-electron chi connectivity index (χ3n) is 6.67. The summed E-state index contributed by atoms with van der Waals surface area (Å²) in [6.07, 6.45) is 4.33. The molecule has 200 valence electrons. The summed E-state index contributed by atoms with van der Waals surface area (Å²) in [6.45, 7) is 3.47. The van der Waals surface area contributed by atoms with Crippen LogP contribution in [0.15, 0.2) is 66.9 Å². The van der Waals surface area contributed by atoms with Crippen molar-refractivity contribution in [3.05, 3.63) is 105 Å². The van der Waals surface area contributed by atoms with E-state index < -0.39 is 11.6 Å². The van der Waals surface area contributed by atoms with Crippen molar-refractivity contribution in [2.45, 2.75) is 39.3 Å². The molecule has 4 nitrogen and oxygen atoms in total. The van der Waals surface area contributed by atoms with Crippen LogP contribution in [-0.2, 0) is 24.3 Å². The molecule has 1 N–H and O–H groups in total. The van der Waals surface area contributed by atoms with Gasteiger partial charge < -0.3 is 9.88 Å². The maximum atomic E-state index is 14.4. The molecule has 1 heterocycles. The number of fused-ring (bicyclic) bond motifs is 1. The van der Waals surface area contributed by atoms with Gasteiger partial charge in [0.25, 0.3) is 0 Å². The summed E-state index contributed by atoms with van der Waals surface area (Å²) < 4.78 is 28.8. The number of nitrogens with one attached hydrogen (secondary N) is 1. The van der Waals surface area contributed by atoms with Gasteiger partial charge in [0.1, 0.15) is 11.6 Å². The minimum Gasteiger partial charge on any atom is -0.361 e. The van der Waals surface area contributed by atoms with Crippen molar-refractivity contribution in [3.8, 4) is 0 Å². The lowest BCUT2D eigenvalue weighted by Gasteiger charge is -2.28. The van der Waals surface area contributed by atoms with Crippen molar-refractivity contribution in [2.75, 3.05) is 19.6 Å². The summed E-state index contributed by atoms with van der Waals surface area (Å²) in [7, 11) is 0. The first-order valence-corrected chi connectivity index (χ1v) is 13.5. The molecule has 0 saturated heterocycles. The number of amides is 1. The van der Waals surface area contributed by atoms with Crippen LogP contribution in [0.4, 0.5) is 8.78 Å². The average Bonchev–Trinajstić information content (AvgIpc) is 3.32. The Morgan fingerprint density at radius 3 is 2.42 bits per heavy atom. The number of carbonyl (C=O) groups is 1. The van der Waals surface area contributed by atoms with E-state index in [-0.39, 0.29) is 24.6 Å². The topological polar surface area (TPSA) is 39.3 Å². The zero-order valence-electron chi connectivity index (χ0n) is 21.3. The van der Waals surface area contributed by atoms with Gasteiger partial charge in [-0.25, -0.2) is 8.78 Å². The summed E-state index contributed by atoms with van der Waals surface area (Å²) in [4.78, 5) is 20.6. The normalized spacial score (nSPS) is 11.4. The van der Waals surface area contributed by atoms with Gasteiger partial charge in [0.05, 0.1) is 16.6 Å². The molecule has 38 heavy (non-hydrogen) atoms. The van der Waals surface area contributed by atoms with E-state index in [9.17, 15) is 13.6 Å². The smallest absolute Gasteiger partial charge is 0.237 e. The quantitative estimate of drug-likeness (QED) is 0.194. The molecule has 3 aromatic carbocycles. The van der Waals surface area contributed by atoms with Gasteiger partial charge in [0, 0.05) is 42.3 Å². The number of halogens is 4. The van der Waals surface area contributed by atoms with Crippen LogP contribution >= 0.6 is 23.2 Å².